The summed E-state index contributed by atoms with van der Waals surface area (Å²) in [7, 11) is 0. The first-order valence-corrected chi connectivity index (χ1v) is 3.71. The van der Waals surface area contributed by atoms with Crippen LogP contribution in [0.1, 0.15) is 25.0 Å². The molecule has 0 bridgehead atoms. The molecule has 0 aliphatic rings. The Morgan fingerprint density at radius 3 is 2.73 bits per heavy atom. The Hall–Kier alpha value is -1.02. The number of rotatable bonds is 2. The highest BCUT2D eigenvalue weighted by molar-refractivity contribution is 5.28. The molecular weight excluding hydrogens is 140 g/mol. The van der Waals surface area contributed by atoms with E-state index in [0.29, 0.717) is 6.42 Å². The van der Waals surface area contributed by atoms with Crippen LogP contribution < -0.4 is 0 Å². The molecule has 0 amide bonds. The monoisotopic (exact) mass is 152 g/mol. The van der Waals surface area contributed by atoms with Crippen molar-refractivity contribution in [1.29, 1.82) is 0 Å². The second-order valence-corrected chi connectivity index (χ2v) is 2.52. The van der Waals surface area contributed by atoms with E-state index in [1.807, 2.05) is 6.92 Å². The third kappa shape index (κ3) is 1.95. The summed E-state index contributed by atoms with van der Waals surface area (Å²) in [6, 6.07) is 6.69. The predicted octanol–water partition coefficient (Wildman–Crippen LogP) is 1.84. The van der Waals surface area contributed by atoms with Gasteiger partial charge < -0.3 is 10.2 Å². The zero-order valence-corrected chi connectivity index (χ0v) is 6.49. The highest BCUT2D eigenvalue weighted by atomic mass is 16.3. The number of hydrogen-bond acceptors (Lipinski definition) is 2. The molecule has 1 aromatic carbocycles. The zero-order chi connectivity index (χ0) is 8.27. The number of phenolic OH excluding ortho intramolecular Hbond substituents is 1. The van der Waals surface area contributed by atoms with Gasteiger partial charge in [0.1, 0.15) is 5.75 Å². The molecule has 0 spiro atoms. The van der Waals surface area contributed by atoms with Crippen molar-refractivity contribution < 1.29 is 10.2 Å². The number of phenols is 1. The number of aromatic hydroxyl groups is 1. The van der Waals surface area contributed by atoms with Crippen LogP contribution in [-0.4, -0.2) is 10.2 Å². The van der Waals surface area contributed by atoms with E-state index in [-0.39, 0.29) is 5.75 Å². The minimum absolute atomic E-state index is 0.204. The molecule has 0 fully saturated rings. The molecule has 1 unspecified atom stereocenters. The van der Waals surface area contributed by atoms with Crippen LogP contribution in [0.25, 0.3) is 0 Å². The standard InChI is InChI=1S/C9H12O2/c1-2-9(11)7-4-3-5-8(10)6-7/h3-6,9-11H,2H2,1H3. The van der Waals surface area contributed by atoms with Crippen LogP contribution in [0.15, 0.2) is 24.3 Å². The number of benzene rings is 1. The predicted molar refractivity (Wildman–Crippen MR) is 43.4 cm³/mol. The SMILES string of the molecule is CCC(O)c1cccc(O)c1. The van der Waals surface area contributed by atoms with E-state index >= 15 is 0 Å². The van der Waals surface area contributed by atoms with Gasteiger partial charge in [-0.1, -0.05) is 19.1 Å². The van der Waals surface area contributed by atoms with Gasteiger partial charge in [0, 0.05) is 0 Å². The molecule has 11 heavy (non-hydrogen) atoms. The lowest BCUT2D eigenvalue weighted by atomic mass is 10.1. The van der Waals surface area contributed by atoms with E-state index in [1.54, 1.807) is 24.3 Å². The highest BCUT2D eigenvalue weighted by Crippen LogP contribution is 2.19. The third-order valence-corrected chi connectivity index (χ3v) is 1.64. The van der Waals surface area contributed by atoms with Gasteiger partial charge in [0.2, 0.25) is 0 Å². The molecule has 1 atom stereocenters. The summed E-state index contributed by atoms with van der Waals surface area (Å²) in [4.78, 5) is 0. The fourth-order valence-corrected chi connectivity index (χ4v) is 0.968. The lowest BCUT2D eigenvalue weighted by Crippen LogP contribution is -1.93. The molecule has 0 radical (unpaired) electrons. The topological polar surface area (TPSA) is 40.5 Å². The van der Waals surface area contributed by atoms with Crippen molar-refractivity contribution in [3.63, 3.8) is 0 Å². The third-order valence-electron chi connectivity index (χ3n) is 1.64. The molecule has 2 N–H and O–H groups in total. The lowest BCUT2D eigenvalue weighted by molar-refractivity contribution is 0.173. The lowest BCUT2D eigenvalue weighted by Gasteiger charge is -2.07. The van der Waals surface area contributed by atoms with E-state index in [4.69, 9.17) is 5.11 Å². The maximum Gasteiger partial charge on any atom is 0.115 e. The largest absolute Gasteiger partial charge is 0.508 e. The smallest absolute Gasteiger partial charge is 0.115 e. The Morgan fingerprint density at radius 2 is 2.18 bits per heavy atom. The fourth-order valence-electron chi connectivity index (χ4n) is 0.968. The molecule has 0 aliphatic heterocycles. The fraction of sp³-hybridized carbons (Fsp3) is 0.333. The summed E-state index contributed by atoms with van der Waals surface area (Å²) < 4.78 is 0. The van der Waals surface area contributed by atoms with Gasteiger partial charge in [0.05, 0.1) is 6.10 Å². The van der Waals surface area contributed by atoms with Crippen LogP contribution in [0.3, 0.4) is 0 Å². The van der Waals surface area contributed by atoms with Gasteiger partial charge in [-0.3, -0.25) is 0 Å². The molecule has 0 aliphatic carbocycles. The molecule has 1 aromatic rings. The Bertz CT molecular complexity index is 233. The molecule has 0 aromatic heterocycles. The van der Waals surface area contributed by atoms with Gasteiger partial charge in [-0.2, -0.15) is 0 Å². The maximum absolute atomic E-state index is 9.34. The molecule has 2 heteroatoms. The van der Waals surface area contributed by atoms with Crippen molar-refractivity contribution in [3.05, 3.63) is 29.8 Å². The van der Waals surface area contributed by atoms with E-state index in [0.717, 1.165) is 5.56 Å². The quantitative estimate of drug-likeness (QED) is 0.678. The van der Waals surface area contributed by atoms with Crippen LogP contribution in [0.2, 0.25) is 0 Å². The number of aliphatic hydroxyl groups is 1. The number of hydrogen-bond donors (Lipinski definition) is 2. The van der Waals surface area contributed by atoms with Gasteiger partial charge in [0.25, 0.3) is 0 Å². The van der Waals surface area contributed by atoms with Gasteiger partial charge in [0.15, 0.2) is 0 Å². The first kappa shape index (κ1) is 8.08. The van der Waals surface area contributed by atoms with E-state index in [9.17, 15) is 5.11 Å². The summed E-state index contributed by atoms with van der Waals surface area (Å²) in [5.74, 6) is 0.204. The van der Waals surface area contributed by atoms with Crippen molar-refractivity contribution in [1.82, 2.24) is 0 Å². The minimum Gasteiger partial charge on any atom is -0.508 e. The Balaban J connectivity index is 2.86. The molecule has 0 saturated carbocycles. The Kier molecular flexibility index (Phi) is 2.49. The Morgan fingerprint density at radius 1 is 1.45 bits per heavy atom. The summed E-state index contributed by atoms with van der Waals surface area (Å²) in [6.07, 6.45) is 0.214. The summed E-state index contributed by atoms with van der Waals surface area (Å²) in [5.41, 5.74) is 0.771. The normalized spacial score (nSPS) is 12.9. The molecule has 1 rings (SSSR count). The van der Waals surface area contributed by atoms with Crippen molar-refractivity contribution >= 4 is 0 Å². The molecule has 0 heterocycles. The summed E-state index contributed by atoms with van der Waals surface area (Å²) in [5, 5.41) is 18.4. The van der Waals surface area contributed by atoms with Crippen LogP contribution in [0.5, 0.6) is 5.75 Å². The molecule has 0 saturated heterocycles. The van der Waals surface area contributed by atoms with Crippen molar-refractivity contribution in [3.8, 4) is 5.75 Å². The second kappa shape index (κ2) is 3.39. The second-order valence-electron chi connectivity index (χ2n) is 2.52. The molecular formula is C9H12O2. The van der Waals surface area contributed by atoms with Gasteiger partial charge >= 0.3 is 0 Å². The average molecular weight is 152 g/mol. The summed E-state index contributed by atoms with van der Waals surface area (Å²) in [6.45, 7) is 1.90. The van der Waals surface area contributed by atoms with Gasteiger partial charge in [-0.25, -0.2) is 0 Å². The van der Waals surface area contributed by atoms with Crippen LogP contribution in [0, 0.1) is 0 Å². The van der Waals surface area contributed by atoms with Crippen molar-refractivity contribution in [2.75, 3.05) is 0 Å². The first-order chi connectivity index (χ1) is 5.24. The van der Waals surface area contributed by atoms with E-state index in [1.165, 1.54) is 0 Å². The van der Waals surface area contributed by atoms with Crippen molar-refractivity contribution in [2.45, 2.75) is 19.4 Å². The maximum atomic E-state index is 9.34. The van der Waals surface area contributed by atoms with E-state index in [2.05, 4.69) is 0 Å². The van der Waals surface area contributed by atoms with Crippen LogP contribution in [0.4, 0.5) is 0 Å². The minimum atomic E-state index is -0.456. The van der Waals surface area contributed by atoms with Gasteiger partial charge in [-0.15, -0.1) is 0 Å². The average Bonchev–Trinajstić information content (AvgIpc) is 2.03. The van der Waals surface area contributed by atoms with Crippen LogP contribution in [-0.2, 0) is 0 Å². The zero-order valence-electron chi connectivity index (χ0n) is 6.49. The van der Waals surface area contributed by atoms with Crippen molar-refractivity contribution in [2.24, 2.45) is 0 Å². The van der Waals surface area contributed by atoms with Gasteiger partial charge in [-0.05, 0) is 24.1 Å². The molecule has 2 nitrogen and oxygen atoms in total. The highest BCUT2D eigenvalue weighted by Gasteiger charge is 2.03. The first-order valence-electron chi connectivity index (χ1n) is 3.71. The van der Waals surface area contributed by atoms with E-state index < -0.39 is 6.10 Å². The summed E-state index contributed by atoms with van der Waals surface area (Å²) >= 11 is 0. The Labute approximate surface area is 66.1 Å². The van der Waals surface area contributed by atoms with Crippen LogP contribution >= 0.6 is 0 Å². The number of aliphatic hydroxyl groups excluding tert-OH is 1. The molecule has 60 valence electrons.